The Hall–Kier alpha value is -4.24. The Morgan fingerprint density at radius 2 is 1.37 bits per heavy atom. The van der Waals surface area contributed by atoms with Crippen LogP contribution in [-0.2, 0) is 24.4 Å². The fourth-order valence-corrected chi connectivity index (χ4v) is 4.86. The molecule has 0 unspecified atom stereocenters. The Labute approximate surface area is 218 Å². The summed E-state index contributed by atoms with van der Waals surface area (Å²) in [7, 11) is -8.61. The predicted molar refractivity (Wildman–Crippen MR) is 141 cm³/mol. The molecule has 0 saturated heterocycles. The summed E-state index contributed by atoms with van der Waals surface area (Å²) in [5.74, 6) is -0.762. The highest BCUT2D eigenvalue weighted by molar-refractivity contribution is 7.91. The zero-order chi connectivity index (χ0) is 27.3. The highest BCUT2D eigenvalue weighted by atomic mass is 32.3. The molecule has 0 saturated carbocycles. The van der Waals surface area contributed by atoms with Crippen LogP contribution in [-0.4, -0.2) is 38.9 Å². The topological polar surface area (TPSA) is 193 Å². The summed E-state index contributed by atoms with van der Waals surface area (Å²) in [5, 5.41) is 28.3. The third-order valence-corrected chi connectivity index (χ3v) is 7.39. The van der Waals surface area contributed by atoms with Crippen LogP contribution in [0.15, 0.2) is 104 Å². The van der Waals surface area contributed by atoms with Crippen LogP contribution in [0.2, 0.25) is 0 Å². The largest absolute Gasteiger partial charge is 0.505 e. The molecule has 0 amide bonds. The molecule has 0 aromatic heterocycles. The molecule has 0 spiro atoms. The van der Waals surface area contributed by atoms with Gasteiger partial charge in [0.15, 0.2) is 15.6 Å². The molecule has 4 aromatic carbocycles. The lowest BCUT2D eigenvalue weighted by Crippen LogP contribution is -2.15. The number of benzene rings is 4. The zero-order valence-electron chi connectivity index (χ0n) is 19.5. The minimum absolute atomic E-state index is 0.0952. The van der Waals surface area contributed by atoms with E-state index in [0.717, 1.165) is 0 Å². The number of nitrogen functional groups attached to an aromatic ring is 1. The lowest BCUT2D eigenvalue weighted by atomic mass is 10.1. The van der Waals surface area contributed by atoms with Gasteiger partial charge in [-0.2, -0.15) is 18.6 Å². The molecule has 0 aliphatic rings. The molecule has 196 valence electrons. The zero-order valence-corrected chi connectivity index (χ0v) is 21.2. The minimum Gasteiger partial charge on any atom is -0.505 e. The fraction of sp³-hybridized carbons (Fsp3) is 0.0833. The number of aromatic hydroxyl groups is 1. The molecular formula is C24H21N5O7S2. The van der Waals surface area contributed by atoms with E-state index in [9.17, 15) is 21.9 Å². The molecule has 4 rings (SSSR count). The Morgan fingerprint density at radius 1 is 0.737 bits per heavy atom. The lowest BCUT2D eigenvalue weighted by molar-refractivity contribution is 0.284. The maximum Gasteiger partial charge on any atom is 0.397 e. The number of fused-ring (bicyclic) bond motifs is 1. The highest BCUT2D eigenvalue weighted by Crippen LogP contribution is 2.42. The third kappa shape index (κ3) is 6.54. The highest BCUT2D eigenvalue weighted by Gasteiger charge is 2.17. The van der Waals surface area contributed by atoms with E-state index in [0.29, 0.717) is 33.5 Å². The first kappa shape index (κ1) is 26.8. The van der Waals surface area contributed by atoms with Crippen LogP contribution in [0, 0.1) is 0 Å². The van der Waals surface area contributed by atoms with Gasteiger partial charge in [0.25, 0.3) is 0 Å². The van der Waals surface area contributed by atoms with E-state index in [-0.39, 0.29) is 16.3 Å². The average Bonchev–Trinajstić information content (AvgIpc) is 2.87. The van der Waals surface area contributed by atoms with Crippen molar-refractivity contribution in [2.75, 3.05) is 18.1 Å². The van der Waals surface area contributed by atoms with Crippen molar-refractivity contribution in [1.82, 2.24) is 0 Å². The first-order valence-corrected chi connectivity index (χ1v) is 13.9. The molecule has 4 aromatic rings. The van der Waals surface area contributed by atoms with Gasteiger partial charge in [0.05, 0.1) is 34.3 Å². The Bertz CT molecular complexity index is 1740. The molecule has 0 radical (unpaired) electrons. The number of nitrogens with two attached hydrogens (primary N) is 1. The third-order valence-electron chi connectivity index (χ3n) is 5.23. The Morgan fingerprint density at radius 3 is 2.05 bits per heavy atom. The molecule has 0 fully saturated rings. The summed E-state index contributed by atoms with van der Waals surface area (Å²) < 4.78 is 58.5. The summed E-state index contributed by atoms with van der Waals surface area (Å²) in [6.07, 6.45) is 0. The lowest BCUT2D eigenvalue weighted by Gasteiger charge is -2.08. The van der Waals surface area contributed by atoms with Crippen LogP contribution in [0.25, 0.3) is 10.8 Å². The van der Waals surface area contributed by atoms with E-state index < -0.39 is 32.6 Å². The summed E-state index contributed by atoms with van der Waals surface area (Å²) >= 11 is 0. The van der Waals surface area contributed by atoms with Crippen molar-refractivity contribution in [3.05, 3.63) is 78.9 Å². The molecule has 4 N–H and O–H groups in total. The smallest absolute Gasteiger partial charge is 0.397 e. The SMILES string of the molecule is Nc1ccc2c(O)c(N=Nc3ccccc3)ccc2c1N=Nc1ccc(S(=O)(=O)CCOS(=O)(=O)O)cc1. The molecule has 38 heavy (non-hydrogen) atoms. The van der Waals surface area contributed by atoms with E-state index in [4.69, 9.17) is 10.3 Å². The number of hydrogen-bond acceptors (Lipinski definition) is 11. The molecule has 0 bridgehead atoms. The number of phenols is 1. The van der Waals surface area contributed by atoms with Gasteiger partial charge in [0.2, 0.25) is 0 Å². The number of phenolic OH excluding ortho intramolecular Hbond substituents is 1. The Balaban J connectivity index is 1.56. The number of sulfone groups is 1. The van der Waals surface area contributed by atoms with E-state index in [2.05, 4.69) is 24.6 Å². The summed E-state index contributed by atoms with van der Waals surface area (Å²) in [6, 6.07) is 20.9. The van der Waals surface area contributed by atoms with Crippen molar-refractivity contribution >= 4 is 59.4 Å². The van der Waals surface area contributed by atoms with Gasteiger partial charge in [-0.25, -0.2) is 12.6 Å². The van der Waals surface area contributed by atoms with Crippen molar-refractivity contribution < 1.29 is 30.7 Å². The van der Waals surface area contributed by atoms with Gasteiger partial charge in [0, 0.05) is 10.8 Å². The quantitative estimate of drug-likeness (QED) is 0.136. The maximum atomic E-state index is 12.3. The first-order chi connectivity index (χ1) is 18.0. The van der Waals surface area contributed by atoms with Crippen molar-refractivity contribution in [3.8, 4) is 5.75 Å². The fourth-order valence-electron chi connectivity index (χ4n) is 3.37. The van der Waals surface area contributed by atoms with Crippen molar-refractivity contribution in [3.63, 3.8) is 0 Å². The van der Waals surface area contributed by atoms with E-state index in [1.165, 1.54) is 24.3 Å². The summed E-state index contributed by atoms with van der Waals surface area (Å²) in [6.45, 7) is -0.731. The van der Waals surface area contributed by atoms with E-state index in [1.54, 1.807) is 36.4 Å². The normalized spacial score (nSPS) is 12.6. The second-order valence-electron chi connectivity index (χ2n) is 7.83. The van der Waals surface area contributed by atoms with Crippen LogP contribution in [0.5, 0.6) is 5.75 Å². The van der Waals surface area contributed by atoms with Crippen LogP contribution in [0.3, 0.4) is 0 Å². The van der Waals surface area contributed by atoms with Gasteiger partial charge in [-0.05, 0) is 60.7 Å². The second kappa shape index (κ2) is 11.0. The molecule has 0 aliphatic carbocycles. The van der Waals surface area contributed by atoms with Gasteiger partial charge in [-0.3, -0.25) is 4.55 Å². The van der Waals surface area contributed by atoms with Gasteiger partial charge >= 0.3 is 10.4 Å². The van der Waals surface area contributed by atoms with E-state index in [1.807, 2.05) is 18.2 Å². The first-order valence-electron chi connectivity index (χ1n) is 10.9. The maximum absolute atomic E-state index is 12.3. The molecule has 0 heterocycles. The molecule has 0 aliphatic heterocycles. The standard InChI is InChI=1S/C24H21N5O7S2/c25-21-12-10-20-19(11-13-22(24(20)30)28-26-16-4-2-1-3-5-16)23(21)29-27-17-6-8-18(9-7-17)37(31,32)15-14-36-38(33,34)35/h1-13,30H,14-15,25H2,(H,33,34,35). The van der Waals surface area contributed by atoms with E-state index >= 15 is 0 Å². The average molecular weight is 556 g/mol. The second-order valence-corrected chi connectivity index (χ2v) is 11.0. The summed E-state index contributed by atoms with van der Waals surface area (Å²) in [4.78, 5) is -0.0952. The number of rotatable bonds is 9. The van der Waals surface area contributed by atoms with Crippen molar-refractivity contribution in [1.29, 1.82) is 0 Å². The number of hydrogen-bond donors (Lipinski definition) is 3. The van der Waals surface area contributed by atoms with Crippen molar-refractivity contribution in [2.24, 2.45) is 20.5 Å². The molecule has 12 nitrogen and oxygen atoms in total. The minimum atomic E-state index is -4.74. The Kier molecular flexibility index (Phi) is 7.78. The molecule has 0 atom stereocenters. The van der Waals surface area contributed by atoms with Crippen LogP contribution < -0.4 is 5.73 Å². The molecular weight excluding hydrogens is 534 g/mol. The van der Waals surface area contributed by atoms with Crippen LogP contribution in [0.1, 0.15) is 0 Å². The monoisotopic (exact) mass is 555 g/mol. The predicted octanol–water partition coefficient (Wildman–Crippen LogP) is 5.55. The van der Waals surface area contributed by atoms with Crippen LogP contribution in [0.4, 0.5) is 28.4 Å². The van der Waals surface area contributed by atoms with Crippen molar-refractivity contribution in [2.45, 2.75) is 4.90 Å². The van der Waals surface area contributed by atoms with Gasteiger partial charge in [-0.15, -0.1) is 10.2 Å². The van der Waals surface area contributed by atoms with Crippen LogP contribution >= 0.6 is 0 Å². The molecule has 14 heteroatoms. The number of azo groups is 2. The van der Waals surface area contributed by atoms with Gasteiger partial charge < -0.3 is 10.8 Å². The van der Waals surface area contributed by atoms with Gasteiger partial charge in [-0.1, -0.05) is 18.2 Å². The number of anilines is 1. The summed E-state index contributed by atoms with van der Waals surface area (Å²) in [5.41, 5.74) is 7.90. The van der Waals surface area contributed by atoms with Gasteiger partial charge in [0.1, 0.15) is 11.4 Å². The number of nitrogens with zero attached hydrogens (tertiary/aromatic N) is 4.